The Balaban J connectivity index is 2.39. The monoisotopic (exact) mass is 272 g/mol. The number of non-ortho nitro benzene ring substituents is 1. The molecule has 0 spiro atoms. The molecule has 0 saturated carbocycles. The van der Waals surface area contributed by atoms with Crippen molar-refractivity contribution in [3.8, 4) is 0 Å². The predicted octanol–water partition coefficient (Wildman–Crippen LogP) is 2.46. The molecule has 2 aromatic rings. The second-order valence-corrected chi connectivity index (χ2v) is 3.72. The molecule has 0 atom stereocenters. The Bertz CT molecular complexity index is 685. The maximum atomic E-state index is 10.9. The normalized spacial score (nSPS) is 10.6. The first kappa shape index (κ1) is 13.3. The molecular weight excluding hydrogens is 264 g/mol. The molecule has 0 bridgehead atoms. The van der Waals surface area contributed by atoms with Gasteiger partial charge in [0.15, 0.2) is 0 Å². The molecule has 20 heavy (non-hydrogen) atoms. The second kappa shape index (κ2) is 5.65. The summed E-state index contributed by atoms with van der Waals surface area (Å²) >= 11 is 0. The van der Waals surface area contributed by atoms with Gasteiger partial charge in [-0.15, -0.1) is 0 Å². The van der Waals surface area contributed by atoms with Crippen LogP contribution in [0.15, 0.2) is 36.8 Å². The fourth-order valence-corrected chi connectivity index (χ4v) is 1.52. The highest BCUT2D eigenvalue weighted by Gasteiger charge is 2.17. The molecular formula is C12H8N4O4. The van der Waals surface area contributed by atoms with Crippen LogP contribution < -0.4 is 0 Å². The van der Waals surface area contributed by atoms with Crippen molar-refractivity contribution in [2.75, 3.05) is 0 Å². The van der Waals surface area contributed by atoms with Crippen molar-refractivity contribution in [1.29, 1.82) is 0 Å². The number of nitrogens with zero attached hydrogens (tertiary/aromatic N) is 4. The number of nitro benzene ring substituents is 2. The van der Waals surface area contributed by atoms with Gasteiger partial charge in [0.05, 0.1) is 27.2 Å². The number of hydrogen-bond acceptors (Lipinski definition) is 6. The van der Waals surface area contributed by atoms with Crippen LogP contribution >= 0.6 is 0 Å². The van der Waals surface area contributed by atoms with Crippen molar-refractivity contribution in [3.05, 3.63) is 68.3 Å². The summed E-state index contributed by atoms with van der Waals surface area (Å²) in [6.07, 6.45) is 5.93. The molecule has 0 unspecified atom stereocenters. The minimum absolute atomic E-state index is 0.263. The van der Waals surface area contributed by atoms with E-state index >= 15 is 0 Å². The summed E-state index contributed by atoms with van der Waals surface area (Å²) in [5.74, 6) is 0. The summed E-state index contributed by atoms with van der Waals surface area (Å²) in [7, 11) is 0. The highest BCUT2D eigenvalue weighted by atomic mass is 16.6. The van der Waals surface area contributed by atoms with Crippen molar-refractivity contribution in [2.45, 2.75) is 0 Å². The van der Waals surface area contributed by atoms with E-state index in [2.05, 4.69) is 9.97 Å². The van der Waals surface area contributed by atoms with E-state index in [9.17, 15) is 20.2 Å². The SMILES string of the molecule is O=[N+]([O-])c1ccc(/C=C/c2ccncn2)c([N+](=O)[O-])c1. The van der Waals surface area contributed by atoms with Crippen LogP contribution in [0.4, 0.5) is 11.4 Å². The molecule has 1 aromatic heterocycles. The van der Waals surface area contributed by atoms with Crippen molar-refractivity contribution < 1.29 is 9.85 Å². The smallest absolute Gasteiger partial charge is 0.258 e. The van der Waals surface area contributed by atoms with Crippen LogP contribution in [0.3, 0.4) is 0 Å². The zero-order chi connectivity index (χ0) is 14.5. The molecule has 0 aliphatic rings. The van der Waals surface area contributed by atoms with Gasteiger partial charge in [0.2, 0.25) is 0 Å². The summed E-state index contributed by atoms with van der Waals surface area (Å²) in [5.41, 5.74) is 0.187. The average Bonchev–Trinajstić information content (AvgIpc) is 2.45. The van der Waals surface area contributed by atoms with E-state index in [1.807, 2.05) is 0 Å². The maximum absolute atomic E-state index is 10.9. The molecule has 1 aromatic carbocycles. The van der Waals surface area contributed by atoms with Crippen molar-refractivity contribution >= 4 is 23.5 Å². The van der Waals surface area contributed by atoms with Gasteiger partial charge >= 0.3 is 0 Å². The van der Waals surface area contributed by atoms with Crippen LogP contribution in [-0.2, 0) is 0 Å². The van der Waals surface area contributed by atoms with Crippen LogP contribution in [0, 0.1) is 20.2 Å². The Hall–Kier alpha value is -3.16. The zero-order valence-corrected chi connectivity index (χ0v) is 10.0. The maximum Gasteiger partial charge on any atom is 0.283 e. The van der Waals surface area contributed by atoms with E-state index in [0.29, 0.717) is 5.69 Å². The first-order valence-electron chi connectivity index (χ1n) is 5.45. The van der Waals surface area contributed by atoms with Crippen molar-refractivity contribution in [3.63, 3.8) is 0 Å². The van der Waals surface area contributed by atoms with Gasteiger partial charge in [0, 0.05) is 12.3 Å². The molecule has 8 heteroatoms. The van der Waals surface area contributed by atoms with Gasteiger partial charge in [-0.1, -0.05) is 0 Å². The lowest BCUT2D eigenvalue weighted by molar-refractivity contribution is -0.394. The Morgan fingerprint density at radius 2 is 1.85 bits per heavy atom. The first-order valence-corrected chi connectivity index (χ1v) is 5.45. The van der Waals surface area contributed by atoms with Crippen LogP contribution in [0.1, 0.15) is 11.3 Å². The molecule has 0 aliphatic heterocycles. The third-order valence-corrected chi connectivity index (χ3v) is 2.46. The average molecular weight is 272 g/mol. The summed E-state index contributed by atoms with van der Waals surface area (Å²) in [6, 6.07) is 5.11. The zero-order valence-electron chi connectivity index (χ0n) is 10.0. The molecule has 0 fully saturated rings. The molecule has 2 rings (SSSR count). The number of nitro groups is 2. The standard InChI is InChI=1S/C12H8N4O4/c17-15(18)11-4-2-9(12(7-11)16(19)20)1-3-10-5-6-13-8-14-10/h1-8H/b3-1+. The van der Waals surface area contributed by atoms with Gasteiger partial charge in [0.1, 0.15) is 6.33 Å². The molecule has 100 valence electrons. The van der Waals surface area contributed by atoms with Crippen molar-refractivity contribution in [2.24, 2.45) is 0 Å². The number of aromatic nitrogens is 2. The molecule has 1 heterocycles. The van der Waals surface area contributed by atoms with Crippen LogP contribution in [0.25, 0.3) is 12.2 Å². The van der Waals surface area contributed by atoms with Gasteiger partial charge in [-0.2, -0.15) is 0 Å². The third-order valence-electron chi connectivity index (χ3n) is 2.46. The fraction of sp³-hybridized carbons (Fsp3) is 0. The fourth-order valence-electron chi connectivity index (χ4n) is 1.52. The number of benzene rings is 1. The number of rotatable bonds is 4. The molecule has 8 nitrogen and oxygen atoms in total. The van der Waals surface area contributed by atoms with Crippen LogP contribution in [0.2, 0.25) is 0 Å². The van der Waals surface area contributed by atoms with Gasteiger partial charge < -0.3 is 0 Å². The second-order valence-electron chi connectivity index (χ2n) is 3.72. The Kier molecular flexibility index (Phi) is 3.75. The van der Waals surface area contributed by atoms with E-state index in [4.69, 9.17) is 0 Å². The summed E-state index contributed by atoms with van der Waals surface area (Å²) in [5, 5.41) is 21.5. The third kappa shape index (κ3) is 2.99. The van der Waals surface area contributed by atoms with E-state index in [1.165, 1.54) is 30.7 Å². The highest BCUT2D eigenvalue weighted by molar-refractivity contribution is 5.74. The topological polar surface area (TPSA) is 112 Å². The van der Waals surface area contributed by atoms with E-state index in [0.717, 1.165) is 6.07 Å². The molecule has 0 aliphatic carbocycles. The lowest BCUT2D eigenvalue weighted by Gasteiger charge is -1.98. The summed E-state index contributed by atoms with van der Waals surface area (Å²) in [4.78, 5) is 27.9. The lowest BCUT2D eigenvalue weighted by Crippen LogP contribution is -1.94. The van der Waals surface area contributed by atoms with E-state index < -0.39 is 9.85 Å². The Morgan fingerprint density at radius 3 is 2.45 bits per heavy atom. The predicted molar refractivity (Wildman–Crippen MR) is 70.7 cm³/mol. The summed E-state index contributed by atoms with van der Waals surface area (Å²) < 4.78 is 0. The van der Waals surface area contributed by atoms with Gasteiger partial charge in [-0.3, -0.25) is 20.2 Å². The molecule has 0 amide bonds. The van der Waals surface area contributed by atoms with Crippen LogP contribution in [-0.4, -0.2) is 19.8 Å². The Labute approximate surface area is 112 Å². The number of hydrogen-bond donors (Lipinski definition) is 0. The lowest BCUT2D eigenvalue weighted by atomic mass is 10.1. The van der Waals surface area contributed by atoms with Crippen molar-refractivity contribution in [1.82, 2.24) is 9.97 Å². The summed E-state index contributed by atoms with van der Waals surface area (Å²) in [6.45, 7) is 0. The molecule has 0 radical (unpaired) electrons. The minimum atomic E-state index is -0.676. The Morgan fingerprint density at radius 1 is 1.05 bits per heavy atom. The molecule has 0 N–H and O–H groups in total. The largest absolute Gasteiger partial charge is 0.283 e. The quantitative estimate of drug-likeness (QED) is 0.624. The molecule has 0 saturated heterocycles. The van der Waals surface area contributed by atoms with E-state index in [-0.39, 0.29) is 16.9 Å². The minimum Gasteiger partial charge on any atom is -0.258 e. The van der Waals surface area contributed by atoms with Gasteiger partial charge in [0.25, 0.3) is 11.4 Å². The van der Waals surface area contributed by atoms with Gasteiger partial charge in [-0.05, 0) is 24.3 Å². The van der Waals surface area contributed by atoms with Gasteiger partial charge in [-0.25, -0.2) is 9.97 Å². The van der Waals surface area contributed by atoms with Crippen LogP contribution in [0.5, 0.6) is 0 Å². The first-order chi connectivity index (χ1) is 9.58. The highest BCUT2D eigenvalue weighted by Crippen LogP contribution is 2.26. The van der Waals surface area contributed by atoms with E-state index in [1.54, 1.807) is 12.1 Å².